The van der Waals surface area contributed by atoms with E-state index in [0.29, 0.717) is 39.9 Å². The first kappa shape index (κ1) is 15.8. The summed E-state index contributed by atoms with van der Waals surface area (Å²) < 4.78 is 0. The number of carbonyl (C=O) groups excluding carboxylic acids is 3. The standard InChI is InChI=1S/C16H18N2O4/c1-7-11(17-13(6-19)14(7)9(3)20)5-12-15(10(4)21)8(2)16(22)18-12/h6,17-18,22H,5H2,1-4H3. The van der Waals surface area contributed by atoms with Crippen molar-refractivity contribution in [3.63, 3.8) is 0 Å². The Labute approximate surface area is 127 Å². The van der Waals surface area contributed by atoms with Gasteiger partial charge in [0, 0.05) is 34.5 Å². The third-order valence-electron chi connectivity index (χ3n) is 3.86. The van der Waals surface area contributed by atoms with Gasteiger partial charge in [0.05, 0.1) is 5.69 Å². The van der Waals surface area contributed by atoms with Crippen LogP contribution in [0, 0.1) is 13.8 Å². The third kappa shape index (κ3) is 2.47. The number of aldehydes is 1. The van der Waals surface area contributed by atoms with Crippen molar-refractivity contribution < 1.29 is 19.5 Å². The van der Waals surface area contributed by atoms with Gasteiger partial charge in [-0.2, -0.15) is 0 Å². The van der Waals surface area contributed by atoms with E-state index in [4.69, 9.17) is 0 Å². The van der Waals surface area contributed by atoms with E-state index in [0.717, 1.165) is 0 Å². The molecule has 2 aromatic heterocycles. The van der Waals surface area contributed by atoms with Crippen LogP contribution >= 0.6 is 0 Å². The third-order valence-corrected chi connectivity index (χ3v) is 3.86. The van der Waals surface area contributed by atoms with Crippen molar-refractivity contribution in [2.45, 2.75) is 34.1 Å². The molecule has 0 unspecified atom stereocenters. The van der Waals surface area contributed by atoms with Crippen molar-refractivity contribution in [2.24, 2.45) is 0 Å². The van der Waals surface area contributed by atoms with E-state index in [1.807, 2.05) is 0 Å². The van der Waals surface area contributed by atoms with Crippen LogP contribution in [-0.2, 0) is 6.42 Å². The fraction of sp³-hybridized carbons (Fsp3) is 0.312. The number of hydrogen-bond acceptors (Lipinski definition) is 4. The summed E-state index contributed by atoms with van der Waals surface area (Å²) in [5.41, 5.74) is 3.42. The average molecular weight is 302 g/mol. The highest BCUT2D eigenvalue weighted by Crippen LogP contribution is 2.27. The first-order valence-corrected chi connectivity index (χ1v) is 6.86. The SMILES string of the molecule is CC(=O)c1c(C=O)[nH]c(Cc2[nH]c(O)c(C)c2C(C)=O)c1C. The smallest absolute Gasteiger partial charge is 0.192 e. The Morgan fingerprint density at radius 1 is 1.00 bits per heavy atom. The van der Waals surface area contributed by atoms with Crippen molar-refractivity contribution in [1.82, 2.24) is 9.97 Å². The van der Waals surface area contributed by atoms with Gasteiger partial charge in [0.1, 0.15) is 0 Å². The molecule has 0 fully saturated rings. The van der Waals surface area contributed by atoms with Crippen molar-refractivity contribution >= 4 is 17.9 Å². The number of Topliss-reactive ketones (excluding diaryl/α,β-unsaturated/α-hetero) is 2. The van der Waals surface area contributed by atoms with Crippen LogP contribution in [0.25, 0.3) is 0 Å². The lowest BCUT2D eigenvalue weighted by Gasteiger charge is -2.03. The van der Waals surface area contributed by atoms with Crippen molar-refractivity contribution in [2.75, 3.05) is 0 Å². The maximum absolute atomic E-state index is 11.8. The number of hydrogen-bond donors (Lipinski definition) is 3. The van der Waals surface area contributed by atoms with Crippen molar-refractivity contribution in [3.8, 4) is 5.88 Å². The fourth-order valence-corrected chi connectivity index (χ4v) is 2.82. The molecule has 116 valence electrons. The van der Waals surface area contributed by atoms with E-state index in [-0.39, 0.29) is 29.6 Å². The highest BCUT2D eigenvalue weighted by molar-refractivity contribution is 6.02. The summed E-state index contributed by atoms with van der Waals surface area (Å²) in [6.45, 7) is 6.24. The lowest BCUT2D eigenvalue weighted by atomic mass is 10.0. The molecule has 0 saturated heterocycles. The molecule has 0 radical (unpaired) electrons. The molecule has 0 aromatic carbocycles. The first-order chi connectivity index (χ1) is 10.3. The molecule has 2 rings (SSSR count). The summed E-state index contributed by atoms with van der Waals surface area (Å²) in [6, 6.07) is 0. The van der Waals surface area contributed by atoms with Gasteiger partial charge in [0.15, 0.2) is 23.7 Å². The van der Waals surface area contributed by atoms with E-state index in [1.165, 1.54) is 13.8 Å². The van der Waals surface area contributed by atoms with Gasteiger partial charge < -0.3 is 15.1 Å². The van der Waals surface area contributed by atoms with Gasteiger partial charge in [-0.1, -0.05) is 0 Å². The molecule has 0 aliphatic carbocycles. The molecule has 0 amide bonds. The summed E-state index contributed by atoms with van der Waals surface area (Å²) in [7, 11) is 0. The van der Waals surface area contributed by atoms with Crippen molar-refractivity contribution in [1.29, 1.82) is 0 Å². The number of ketones is 2. The maximum Gasteiger partial charge on any atom is 0.192 e. The van der Waals surface area contributed by atoms with Gasteiger partial charge >= 0.3 is 0 Å². The molecular weight excluding hydrogens is 284 g/mol. The van der Waals surface area contributed by atoms with Gasteiger partial charge in [-0.05, 0) is 33.3 Å². The van der Waals surface area contributed by atoms with E-state index in [1.54, 1.807) is 13.8 Å². The molecule has 3 N–H and O–H groups in total. The Balaban J connectivity index is 2.53. The molecule has 2 heterocycles. The number of H-pyrrole nitrogens is 2. The van der Waals surface area contributed by atoms with Crippen molar-refractivity contribution in [3.05, 3.63) is 39.3 Å². The monoisotopic (exact) mass is 302 g/mol. The molecule has 0 spiro atoms. The van der Waals surface area contributed by atoms with Crippen LogP contribution in [0.2, 0.25) is 0 Å². The number of aromatic nitrogens is 2. The van der Waals surface area contributed by atoms with Crippen LogP contribution in [0.5, 0.6) is 5.88 Å². The Kier molecular flexibility index (Phi) is 4.03. The maximum atomic E-state index is 11.8. The Morgan fingerprint density at radius 3 is 2.05 bits per heavy atom. The van der Waals surface area contributed by atoms with Gasteiger partial charge in [-0.15, -0.1) is 0 Å². The normalized spacial score (nSPS) is 10.7. The summed E-state index contributed by atoms with van der Waals surface area (Å²) in [5, 5.41) is 9.78. The second kappa shape index (κ2) is 5.63. The minimum absolute atomic E-state index is 0.0492. The van der Waals surface area contributed by atoms with E-state index >= 15 is 0 Å². The predicted molar refractivity (Wildman–Crippen MR) is 80.9 cm³/mol. The lowest BCUT2D eigenvalue weighted by molar-refractivity contribution is 0.100. The van der Waals surface area contributed by atoms with E-state index < -0.39 is 0 Å². The topological polar surface area (TPSA) is 103 Å². The molecular formula is C16H18N2O4. The summed E-state index contributed by atoms with van der Waals surface area (Å²) in [4.78, 5) is 40.2. The number of carbonyl (C=O) groups is 3. The van der Waals surface area contributed by atoms with E-state index in [2.05, 4.69) is 9.97 Å². The van der Waals surface area contributed by atoms with Gasteiger partial charge in [0.25, 0.3) is 0 Å². The molecule has 0 aliphatic rings. The first-order valence-electron chi connectivity index (χ1n) is 6.86. The molecule has 0 aliphatic heterocycles. The quantitative estimate of drug-likeness (QED) is 0.583. The van der Waals surface area contributed by atoms with Crippen LogP contribution in [0.1, 0.15) is 67.6 Å². The second-order valence-corrected chi connectivity index (χ2v) is 5.38. The average Bonchev–Trinajstić information content (AvgIpc) is 2.88. The zero-order valence-corrected chi connectivity index (χ0v) is 13.0. The van der Waals surface area contributed by atoms with Crippen LogP contribution in [-0.4, -0.2) is 32.9 Å². The highest BCUT2D eigenvalue weighted by atomic mass is 16.3. The van der Waals surface area contributed by atoms with Crippen LogP contribution < -0.4 is 0 Å². The lowest BCUT2D eigenvalue weighted by Crippen LogP contribution is -2.01. The van der Waals surface area contributed by atoms with Gasteiger partial charge in [-0.25, -0.2) is 0 Å². The summed E-state index contributed by atoms with van der Waals surface area (Å²) in [5.74, 6) is -0.401. The number of aromatic amines is 2. The van der Waals surface area contributed by atoms with E-state index in [9.17, 15) is 19.5 Å². The molecule has 0 saturated carbocycles. The van der Waals surface area contributed by atoms with Crippen LogP contribution in [0.4, 0.5) is 0 Å². The Bertz CT molecular complexity index is 781. The summed E-state index contributed by atoms with van der Waals surface area (Å²) in [6.07, 6.45) is 0.896. The number of rotatable bonds is 5. The molecule has 22 heavy (non-hydrogen) atoms. The number of aromatic hydroxyl groups is 1. The molecule has 6 heteroatoms. The zero-order valence-electron chi connectivity index (χ0n) is 13.0. The predicted octanol–water partition coefficient (Wildman–Crippen LogP) is 2.47. The molecule has 6 nitrogen and oxygen atoms in total. The summed E-state index contributed by atoms with van der Waals surface area (Å²) >= 11 is 0. The molecule has 0 atom stereocenters. The largest absolute Gasteiger partial charge is 0.494 e. The minimum atomic E-state index is -0.195. The second-order valence-electron chi connectivity index (χ2n) is 5.38. The molecule has 0 bridgehead atoms. The van der Waals surface area contributed by atoms with Crippen LogP contribution in [0.15, 0.2) is 0 Å². The Morgan fingerprint density at radius 2 is 1.59 bits per heavy atom. The fourth-order valence-electron chi connectivity index (χ4n) is 2.82. The zero-order chi connectivity index (χ0) is 16.6. The highest BCUT2D eigenvalue weighted by Gasteiger charge is 2.22. The van der Waals surface area contributed by atoms with Crippen LogP contribution in [0.3, 0.4) is 0 Å². The minimum Gasteiger partial charge on any atom is -0.494 e. The number of nitrogens with one attached hydrogen (secondary N) is 2. The molecule has 2 aromatic rings. The van der Waals surface area contributed by atoms with Gasteiger partial charge in [0.2, 0.25) is 0 Å². The Hall–Kier alpha value is -2.63. The van der Waals surface area contributed by atoms with Gasteiger partial charge in [-0.3, -0.25) is 14.4 Å².